The highest BCUT2D eigenvalue weighted by Crippen LogP contribution is 2.11. The van der Waals surface area contributed by atoms with E-state index in [2.05, 4.69) is 17.2 Å². The molecule has 0 aliphatic rings. The minimum Gasteiger partial charge on any atom is -0.497 e. The van der Waals surface area contributed by atoms with Crippen molar-refractivity contribution in [1.82, 2.24) is 10.6 Å². The summed E-state index contributed by atoms with van der Waals surface area (Å²) in [4.78, 5) is 24.4. The Balaban J connectivity index is 1.83. The average Bonchev–Trinajstić information content (AvgIpc) is 2.71. The van der Waals surface area contributed by atoms with Crippen LogP contribution in [-0.4, -0.2) is 25.2 Å². The van der Waals surface area contributed by atoms with Crippen LogP contribution in [0.4, 0.5) is 4.79 Å². The Morgan fingerprint density at radius 2 is 1.78 bits per heavy atom. The zero-order valence-electron chi connectivity index (χ0n) is 15.3. The molecule has 0 radical (unpaired) electrons. The molecule has 0 aliphatic heterocycles. The first kappa shape index (κ1) is 20.0. The van der Waals surface area contributed by atoms with E-state index in [4.69, 9.17) is 9.47 Å². The summed E-state index contributed by atoms with van der Waals surface area (Å²) in [5.41, 5.74) is 1.80. The lowest BCUT2D eigenvalue weighted by Crippen LogP contribution is -2.46. The van der Waals surface area contributed by atoms with E-state index in [-0.39, 0.29) is 12.5 Å². The summed E-state index contributed by atoms with van der Waals surface area (Å²) >= 11 is 0. The summed E-state index contributed by atoms with van der Waals surface area (Å²) in [6.07, 6.45) is 1.23. The van der Waals surface area contributed by atoms with Crippen LogP contribution in [-0.2, 0) is 22.7 Å². The molecule has 2 rings (SSSR count). The standard InChI is InChI=1S/C21H24N2O4/c1-3-7-19(23-21(25)27-15-17-8-5-4-6-9-17)20(24)22-14-16-10-12-18(26-2)13-11-16/h3-6,8-13,19H,1,7,14-15H2,2H3,(H,22,24)(H,23,25). The summed E-state index contributed by atoms with van der Waals surface area (Å²) in [6, 6.07) is 16.0. The number of carbonyl (C=O) groups excluding carboxylic acids is 2. The first-order chi connectivity index (χ1) is 13.1. The summed E-state index contributed by atoms with van der Waals surface area (Å²) in [5, 5.41) is 5.38. The van der Waals surface area contributed by atoms with Crippen molar-refractivity contribution in [3.63, 3.8) is 0 Å². The lowest BCUT2D eigenvalue weighted by atomic mass is 10.1. The van der Waals surface area contributed by atoms with Crippen molar-refractivity contribution >= 4 is 12.0 Å². The number of rotatable bonds is 9. The monoisotopic (exact) mass is 368 g/mol. The topological polar surface area (TPSA) is 76.7 Å². The first-order valence-electron chi connectivity index (χ1n) is 8.61. The number of carbonyl (C=O) groups is 2. The van der Waals surface area contributed by atoms with Gasteiger partial charge in [0.05, 0.1) is 7.11 Å². The zero-order valence-corrected chi connectivity index (χ0v) is 15.3. The van der Waals surface area contributed by atoms with Crippen molar-refractivity contribution in [2.75, 3.05) is 7.11 Å². The fraction of sp³-hybridized carbons (Fsp3) is 0.238. The third-order valence-corrected chi connectivity index (χ3v) is 3.85. The molecule has 0 heterocycles. The Bertz CT molecular complexity index is 745. The van der Waals surface area contributed by atoms with Gasteiger partial charge in [-0.15, -0.1) is 6.58 Å². The van der Waals surface area contributed by atoms with Crippen LogP contribution in [0, 0.1) is 0 Å². The van der Waals surface area contributed by atoms with Gasteiger partial charge in [-0.2, -0.15) is 0 Å². The molecule has 142 valence electrons. The molecule has 0 aliphatic carbocycles. The van der Waals surface area contributed by atoms with Gasteiger partial charge in [-0.1, -0.05) is 48.5 Å². The second kappa shape index (κ2) is 10.7. The van der Waals surface area contributed by atoms with Gasteiger partial charge < -0.3 is 20.1 Å². The Morgan fingerprint density at radius 1 is 1.07 bits per heavy atom. The van der Waals surface area contributed by atoms with Crippen molar-refractivity contribution in [2.45, 2.75) is 25.6 Å². The third-order valence-electron chi connectivity index (χ3n) is 3.85. The van der Waals surface area contributed by atoms with Crippen LogP contribution in [0.2, 0.25) is 0 Å². The molecule has 2 aromatic carbocycles. The summed E-state index contributed by atoms with van der Waals surface area (Å²) in [5.74, 6) is 0.444. The van der Waals surface area contributed by atoms with Crippen LogP contribution in [0.5, 0.6) is 5.75 Å². The predicted octanol–water partition coefficient (Wildman–Crippen LogP) is 3.18. The van der Waals surface area contributed by atoms with E-state index in [9.17, 15) is 9.59 Å². The van der Waals surface area contributed by atoms with Gasteiger partial charge >= 0.3 is 6.09 Å². The smallest absolute Gasteiger partial charge is 0.408 e. The molecule has 0 bridgehead atoms. The molecule has 2 amide bonds. The van der Waals surface area contributed by atoms with Crippen LogP contribution in [0.1, 0.15) is 17.5 Å². The van der Waals surface area contributed by atoms with E-state index in [1.165, 1.54) is 0 Å². The van der Waals surface area contributed by atoms with Crippen LogP contribution >= 0.6 is 0 Å². The number of nitrogens with one attached hydrogen (secondary N) is 2. The molecule has 1 unspecified atom stereocenters. The van der Waals surface area contributed by atoms with Gasteiger partial charge in [-0.05, 0) is 29.7 Å². The Labute approximate surface area is 159 Å². The molecule has 0 spiro atoms. The van der Waals surface area contributed by atoms with E-state index in [0.717, 1.165) is 16.9 Å². The lowest BCUT2D eigenvalue weighted by Gasteiger charge is -2.17. The third kappa shape index (κ3) is 6.86. The second-order valence-electron chi connectivity index (χ2n) is 5.85. The van der Waals surface area contributed by atoms with Gasteiger partial charge in [0.1, 0.15) is 18.4 Å². The van der Waals surface area contributed by atoms with E-state index in [1.54, 1.807) is 13.2 Å². The number of amides is 2. The molecule has 6 nitrogen and oxygen atoms in total. The van der Waals surface area contributed by atoms with Crippen LogP contribution < -0.4 is 15.4 Å². The van der Waals surface area contributed by atoms with Crippen molar-refractivity contribution in [2.24, 2.45) is 0 Å². The maximum Gasteiger partial charge on any atom is 0.408 e. The molecule has 0 aromatic heterocycles. The van der Waals surface area contributed by atoms with Crippen LogP contribution in [0.15, 0.2) is 67.3 Å². The highest BCUT2D eigenvalue weighted by Gasteiger charge is 2.20. The largest absolute Gasteiger partial charge is 0.497 e. The number of hydrogen-bond acceptors (Lipinski definition) is 4. The maximum atomic E-state index is 12.4. The maximum absolute atomic E-state index is 12.4. The number of benzene rings is 2. The predicted molar refractivity (Wildman–Crippen MR) is 103 cm³/mol. The Kier molecular flexibility index (Phi) is 7.91. The van der Waals surface area contributed by atoms with Gasteiger partial charge in [0.25, 0.3) is 0 Å². The van der Waals surface area contributed by atoms with Gasteiger partial charge in [-0.3, -0.25) is 4.79 Å². The Hall–Kier alpha value is -3.28. The highest BCUT2D eigenvalue weighted by molar-refractivity contribution is 5.85. The molecule has 2 N–H and O–H groups in total. The van der Waals surface area contributed by atoms with E-state index < -0.39 is 12.1 Å². The quantitative estimate of drug-likeness (QED) is 0.667. The zero-order chi connectivity index (χ0) is 19.5. The average molecular weight is 368 g/mol. The molecule has 0 saturated carbocycles. The highest BCUT2D eigenvalue weighted by atomic mass is 16.5. The van der Waals surface area contributed by atoms with Gasteiger partial charge in [0, 0.05) is 6.54 Å². The van der Waals surface area contributed by atoms with Crippen molar-refractivity contribution in [1.29, 1.82) is 0 Å². The van der Waals surface area contributed by atoms with Gasteiger partial charge in [0.15, 0.2) is 0 Å². The number of hydrogen-bond donors (Lipinski definition) is 2. The van der Waals surface area contributed by atoms with Crippen LogP contribution in [0.3, 0.4) is 0 Å². The molecule has 1 atom stereocenters. The fourth-order valence-corrected chi connectivity index (χ4v) is 2.36. The molecule has 2 aromatic rings. The Morgan fingerprint density at radius 3 is 2.41 bits per heavy atom. The number of alkyl carbamates (subject to hydrolysis) is 1. The van der Waals surface area contributed by atoms with E-state index in [1.807, 2.05) is 54.6 Å². The number of methoxy groups -OCH3 is 1. The molecule has 27 heavy (non-hydrogen) atoms. The van der Waals surface area contributed by atoms with Gasteiger partial charge in [0.2, 0.25) is 5.91 Å². The molecular weight excluding hydrogens is 344 g/mol. The van der Waals surface area contributed by atoms with Crippen molar-refractivity contribution in [3.05, 3.63) is 78.4 Å². The normalized spacial score (nSPS) is 11.1. The van der Waals surface area contributed by atoms with Crippen molar-refractivity contribution in [3.8, 4) is 5.75 Å². The molecule has 0 saturated heterocycles. The molecule has 6 heteroatoms. The molecular formula is C21H24N2O4. The summed E-state index contributed by atoms with van der Waals surface area (Å²) in [7, 11) is 1.60. The van der Waals surface area contributed by atoms with Gasteiger partial charge in [-0.25, -0.2) is 4.79 Å². The SMILES string of the molecule is C=CCC(NC(=O)OCc1ccccc1)C(=O)NCc1ccc(OC)cc1. The summed E-state index contributed by atoms with van der Waals surface area (Å²) in [6.45, 7) is 4.12. The van der Waals surface area contributed by atoms with E-state index in [0.29, 0.717) is 13.0 Å². The minimum absolute atomic E-state index is 0.140. The first-order valence-corrected chi connectivity index (χ1v) is 8.61. The van der Waals surface area contributed by atoms with Crippen molar-refractivity contribution < 1.29 is 19.1 Å². The molecule has 0 fully saturated rings. The summed E-state index contributed by atoms with van der Waals surface area (Å²) < 4.78 is 10.3. The second-order valence-corrected chi connectivity index (χ2v) is 5.85. The lowest BCUT2D eigenvalue weighted by molar-refractivity contribution is -0.123. The fourth-order valence-electron chi connectivity index (χ4n) is 2.36. The van der Waals surface area contributed by atoms with Crippen LogP contribution in [0.25, 0.3) is 0 Å². The minimum atomic E-state index is -0.746. The van der Waals surface area contributed by atoms with E-state index >= 15 is 0 Å². The number of ether oxygens (including phenoxy) is 2.